The molecule has 4 aliphatic rings. The van der Waals surface area contributed by atoms with Crippen molar-refractivity contribution in [3.63, 3.8) is 0 Å². The highest BCUT2D eigenvalue weighted by Gasteiger charge is 2.53. The van der Waals surface area contributed by atoms with Gasteiger partial charge in [-0.1, -0.05) is 37.6 Å². The SMILES string of the molecule is CC=C1CCC2C3C=CC4=CC(=O)CC[C@]4(C)C3C[C@@H](C)C12. The molecule has 0 saturated heterocycles. The summed E-state index contributed by atoms with van der Waals surface area (Å²) in [5.74, 6) is 4.25. The predicted molar refractivity (Wildman–Crippen MR) is 90.3 cm³/mol. The van der Waals surface area contributed by atoms with E-state index >= 15 is 0 Å². The fraction of sp³-hybridized carbons (Fsp3) is 0.667. The smallest absolute Gasteiger partial charge is 0.156 e. The van der Waals surface area contributed by atoms with Crippen LogP contribution in [0.5, 0.6) is 0 Å². The molecule has 4 rings (SSSR count). The monoisotopic (exact) mass is 296 g/mol. The summed E-state index contributed by atoms with van der Waals surface area (Å²) in [4.78, 5) is 11.8. The first kappa shape index (κ1) is 14.5. The highest BCUT2D eigenvalue weighted by molar-refractivity contribution is 5.92. The van der Waals surface area contributed by atoms with E-state index in [-0.39, 0.29) is 5.41 Å². The summed E-state index contributed by atoms with van der Waals surface area (Å²) in [6, 6.07) is 0. The van der Waals surface area contributed by atoms with Crippen molar-refractivity contribution in [2.75, 3.05) is 0 Å². The lowest BCUT2D eigenvalue weighted by Gasteiger charge is -2.54. The molecule has 4 aliphatic carbocycles. The molecule has 0 radical (unpaired) electrons. The minimum Gasteiger partial charge on any atom is -0.295 e. The Morgan fingerprint density at radius 2 is 2.14 bits per heavy atom. The van der Waals surface area contributed by atoms with Gasteiger partial charge in [0, 0.05) is 6.42 Å². The normalized spacial score (nSPS) is 48.7. The van der Waals surface area contributed by atoms with E-state index in [4.69, 9.17) is 0 Å². The molecule has 0 aliphatic heterocycles. The van der Waals surface area contributed by atoms with Gasteiger partial charge in [0.05, 0.1) is 0 Å². The van der Waals surface area contributed by atoms with Crippen LogP contribution in [0, 0.1) is 35.0 Å². The van der Waals surface area contributed by atoms with Gasteiger partial charge in [0.2, 0.25) is 0 Å². The minimum absolute atomic E-state index is 0.241. The first-order valence-electron chi connectivity index (χ1n) is 9.13. The van der Waals surface area contributed by atoms with Crippen LogP contribution < -0.4 is 0 Å². The zero-order valence-electron chi connectivity index (χ0n) is 14.1. The van der Waals surface area contributed by atoms with E-state index < -0.39 is 0 Å². The maximum absolute atomic E-state index is 11.8. The van der Waals surface area contributed by atoms with Gasteiger partial charge in [-0.05, 0) is 79.3 Å². The third-order valence-electron chi connectivity index (χ3n) is 7.41. The summed E-state index contributed by atoms with van der Waals surface area (Å²) in [5.41, 5.74) is 3.28. The summed E-state index contributed by atoms with van der Waals surface area (Å²) < 4.78 is 0. The molecule has 6 atom stereocenters. The second kappa shape index (κ2) is 4.94. The van der Waals surface area contributed by atoms with Gasteiger partial charge in [-0.3, -0.25) is 4.79 Å². The number of rotatable bonds is 0. The average Bonchev–Trinajstić information content (AvgIpc) is 2.94. The van der Waals surface area contributed by atoms with Crippen LogP contribution in [-0.4, -0.2) is 5.78 Å². The first-order chi connectivity index (χ1) is 10.5. The lowest BCUT2D eigenvalue weighted by molar-refractivity contribution is -0.116. The molecule has 1 heteroatoms. The van der Waals surface area contributed by atoms with Crippen molar-refractivity contribution < 1.29 is 4.79 Å². The van der Waals surface area contributed by atoms with Crippen molar-refractivity contribution in [3.05, 3.63) is 35.5 Å². The largest absolute Gasteiger partial charge is 0.295 e. The molecule has 0 aromatic rings. The van der Waals surface area contributed by atoms with Crippen molar-refractivity contribution in [3.8, 4) is 0 Å². The maximum atomic E-state index is 11.8. The fourth-order valence-electron chi connectivity index (χ4n) is 6.27. The highest BCUT2D eigenvalue weighted by Crippen LogP contribution is 2.61. The zero-order chi connectivity index (χ0) is 15.5. The zero-order valence-corrected chi connectivity index (χ0v) is 14.1. The molecule has 2 fully saturated rings. The summed E-state index contributed by atoms with van der Waals surface area (Å²) in [7, 11) is 0. The molecule has 0 heterocycles. The van der Waals surface area contributed by atoms with E-state index in [1.807, 2.05) is 6.08 Å². The highest BCUT2D eigenvalue weighted by atomic mass is 16.1. The van der Waals surface area contributed by atoms with Crippen LogP contribution in [0.2, 0.25) is 0 Å². The molecule has 2 saturated carbocycles. The van der Waals surface area contributed by atoms with E-state index in [1.54, 1.807) is 5.57 Å². The number of hydrogen-bond donors (Lipinski definition) is 0. The fourth-order valence-corrected chi connectivity index (χ4v) is 6.27. The molecule has 0 spiro atoms. The second-order valence-corrected chi connectivity index (χ2v) is 8.33. The molecule has 4 unspecified atom stereocenters. The van der Waals surface area contributed by atoms with Gasteiger partial charge in [0.1, 0.15) is 0 Å². The number of carbonyl (C=O) groups excluding carboxylic acids is 1. The molecule has 0 N–H and O–H groups in total. The summed E-state index contributed by atoms with van der Waals surface area (Å²) in [6.45, 7) is 7.13. The van der Waals surface area contributed by atoms with Gasteiger partial charge in [-0.15, -0.1) is 0 Å². The lowest BCUT2D eigenvalue weighted by Crippen LogP contribution is -2.47. The van der Waals surface area contributed by atoms with Crippen LogP contribution >= 0.6 is 0 Å². The topological polar surface area (TPSA) is 17.1 Å². The molecular formula is C21H28O. The average molecular weight is 296 g/mol. The molecule has 0 bridgehead atoms. The van der Waals surface area contributed by atoms with Crippen LogP contribution in [-0.2, 0) is 4.79 Å². The summed E-state index contributed by atoms with van der Waals surface area (Å²) >= 11 is 0. The number of allylic oxidation sites excluding steroid dienone is 6. The van der Waals surface area contributed by atoms with E-state index in [9.17, 15) is 4.79 Å². The molecule has 118 valence electrons. The number of carbonyl (C=O) groups is 1. The van der Waals surface area contributed by atoms with Gasteiger partial charge in [-0.25, -0.2) is 0 Å². The van der Waals surface area contributed by atoms with Crippen LogP contribution in [0.4, 0.5) is 0 Å². The molecule has 1 nitrogen and oxygen atoms in total. The van der Waals surface area contributed by atoms with E-state index in [1.165, 1.54) is 24.8 Å². The van der Waals surface area contributed by atoms with Gasteiger partial charge in [0.25, 0.3) is 0 Å². The number of hydrogen-bond acceptors (Lipinski definition) is 1. The molecular weight excluding hydrogens is 268 g/mol. The Balaban J connectivity index is 1.75. The van der Waals surface area contributed by atoms with Crippen LogP contribution in [0.25, 0.3) is 0 Å². The Kier molecular flexibility index (Phi) is 3.25. The van der Waals surface area contributed by atoms with Crippen molar-refractivity contribution in [1.82, 2.24) is 0 Å². The van der Waals surface area contributed by atoms with E-state index in [0.717, 1.165) is 42.4 Å². The van der Waals surface area contributed by atoms with Crippen LogP contribution in [0.1, 0.15) is 52.9 Å². The minimum atomic E-state index is 0.241. The summed E-state index contributed by atoms with van der Waals surface area (Å²) in [5, 5.41) is 0. The maximum Gasteiger partial charge on any atom is 0.156 e. The molecule has 0 aromatic heterocycles. The Morgan fingerprint density at radius 1 is 1.32 bits per heavy atom. The van der Waals surface area contributed by atoms with Crippen LogP contribution in [0.15, 0.2) is 35.5 Å². The molecule has 0 aromatic carbocycles. The third kappa shape index (κ3) is 1.87. The first-order valence-corrected chi connectivity index (χ1v) is 9.13. The van der Waals surface area contributed by atoms with Crippen molar-refractivity contribution in [2.24, 2.45) is 35.0 Å². The van der Waals surface area contributed by atoms with Gasteiger partial charge in [-0.2, -0.15) is 0 Å². The molecule has 0 amide bonds. The predicted octanol–water partition coefficient (Wildman–Crippen LogP) is 5.10. The van der Waals surface area contributed by atoms with Crippen molar-refractivity contribution >= 4 is 5.78 Å². The van der Waals surface area contributed by atoms with Crippen molar-refractivity contribution in [2.45, 2.75) is 52.9 Å². The van der Waals surface area contributed by atoms with Gasteiger partial charge < -0.3 is 0 Å². The number of ketones is 1. The van der Waals surface area contributed by atoms with Gasteiger partial charge >= 0.3 is 0 Å². The Labute approximate surface area is 134 Å². The van der Waals surface area contributed by atoms with Crippen LogP contribution in [0.3, 0.4) is 0 Å². The second-order valence-electron chi connectivity index (χ2n) is 8.33. The van der Waals surface area contributed by atoms with E-state index in [0.29, 0.717) is 5.78 Å². The Morgan fingerprint density at radius 3 is 2.91 bits per heavy atom. The third-order valence-corrected chi connectivity index (χ3v) is 7.41. The standard InChI is InChI=1S/C21H28O/c1-4-14-5-7-18-17-8-6-15-12-16(22)9-10-21(15,3)19(17)11-13(2)20(14)18/h4,6,8,12-13,17-20H,5,7,9-11H2,1-3H3/t13-,17?,18?,19?,20?,21+/m1/s1. The number of fused-ring (bicyclic) bond motifs is 5. The van der Waals surface area contributed by atoms with E-state index in [2.05, 4.69) is 39.0 Å². The Hall–Kier alpha value is -1.11. The quantitative estimate of drug-likeness (QED) is 0.569. The lowest BCUT2D eigenvalue weighted by atomic mass is 9.50. The summed E-state index contributed by atoms with van der Waals surface area (Å²) in [6.07, 6.45) is 14.9. The molecule has 22 heavy (non-hydrogen) atoms. The Bertz CT molecular complexity index is 593. The van der Waals surface area contributed by atoms with Gasteiger partial charge in [0.15, 0.2) is 5.78 Å². The van der Waals surface area contributed by atoms with Crippen molar-refractivity contribution in [1.29, 1.82) is 0 Å².